The molecule has 0 radical (unpaired) electrons. The van der Waals surface area contributed by atoms with Crippen molar-refractivity contribution in [2.24, 2.45) is 0 Å². The zero-order chi connectivity index (χ0) is 18.6. The Morgan fingerprint density at radius 1 is 1.26 bits per heavy atom. The molecule has 2 N–H and O–H groups in total. The van der Waals surface area contributed by atoms with Gasteiger partial charge in [-0.3, -0.25) is 0 Å². The number of hydrogen-bond acceptors (Lipinski definition) is 6. The Bertz CT molecular complexity index is 962. The summed E-state index contributed by atoms with van der Waals surface area (Å²) in [5.74, 6) is 0.528. The molecule has 3 aromatic rings. The van der Waals surface area contributed by atoms with Crippen LogP contribution in [0.25, 0.3) is 21.1 Å². The monoisotopic (exact) mass is 400 g/mol. The number of aromatic nitrogens is 3. The van der Waals surface area contributed by atoms with Gasteiger partial charge in [-0.1, -0.05) is 29.8 Å². The summed E-state index contributed by atoms with van der Waals surface area (Å²) in [6, 6.07) is 9.47. The molecule has 2 aromatic heterocycles. The molecule has 1 aliphatic rings. The molecule has 1 aliphatic heterocycles. The minimum atomic E-state index is -0.0248. The first-order chi connectivity index (χ1) is 13.2. The minimum Gasteiger partial charge on any atom is -0.352 e. The Balaban J connectivity index is 1.45. The van der Waals surface area contributed by atoms with Crippen LogP contribution in [0.3, 0.4) is 0 Å². The Labute approximate surface area is 165 Å². The van der Waals surface area contributed by atoms with Crippen LogP contribution in [0.5, 0.6) is 0 Å². The average Bonchev–Trinajstić information content (AvgIpc) is 3.32. The quantitative estimate of drug-likeness (QED) is 0.663. The van der Waals surface area contributed by atoms with Gasteiger partial charge in [0.05, 0.1) is 15.6 Å². The van der Waals surface area contributed by atoms with Gasteiger partial charge in [-0.05, 0) is 12.1 Å². The first-order valence-electron chi connectivity index (χ1n) is 8.51. The molecule has 0 aliphatic carbocycles. The van der Waals surface area contributed by atoms with Gasteiger partial charge < -0.3 is 15.5 Å². The minimum absolute atomic E-state index is 0.0248. The second kappa shape index (κ2) is 7.89. The zero-order valence-electron chi connectivity index (χ0n) is 14.4. The van der Waals surface area contributed by atoms with Crippen LogP contribution in [0, 0.1) is 0 Å². The maximum absolute atomic E-state index is 11.5. The van der Waals surface area contributed by atoms with E-state index in [2.05, 4.69) is 25.6 Å². The van der Waals surface area contributed by atoms with Crippen LogP contribution in [0.1, 0.15) is 0 Å². The number of halogens is 1. The molecule has 3 heterocycles. The standard InChI is InChI=1S/C18H17ClN6OS/c19-13-4-2-1-3-12(13)16-23-11-15(27-16)14-5-6-20-17(24-14)21-7-9-25-10-8-22-18(25)26/h1-6,11H,7-10H2,(H,22,26)(H,20,21,24). The molecule has 1 fully saturated rings. The third-order valence-electron chi connectivity index (χ3n) is 4.13. The van der Waals surface area contributed by atoms with E-state index in [1.54, 1.807) is 17.3 Å². The smallest absolute Gasteiger partial charge is 0.317 e. The molecule has 7 nitrogen and oxygen atoms in total. The third-order valence-corrected chi connectivity index (χ3v) is 5.51. The Kier molecular flexibility index (Phi) is 5.17. The lowest BCUT2D eigenvalue weighted by Gasteiger charge is -2.14. The fourth-order valence-corrected chi connectivity index (χ4v) is 3.97. The van der Waals surface area contributed by atoms with E-state index in [9.17, 15) is 4.79 Å². The molecule has 9 heteroatoms. The predicted molar refractivity (Wildman–Crippen MR) is 107 cm³/mol. The fraction of sp³-hybridized carbons (Fsp3) is 0.222. The lowest BCUT2D eigenvalue weighted by molar-refractivity contribution is 0.219. The van der Waals surface area contributed by atoms with Gasteiger partial charge in [0.25, 0.3) is 0 Å². The van der Waals surface area contributed by atoms with E-state index in [-0.39, 0.29) is 6.03 Å². The van der Waals surface area contributed by atoms with Crippen molar-refractivity contribution in [1.29, 1.82) is 0 Å². The number of benzene rings is 1. The number of hydrogen-bond donors (Lipinski definition) is 2. The second-order valence-electron chi connectivity index (χ2n) is 5.92. The van der Waals surface area contributed by atoms with E-state index in [1.165, 1.54) is 11.3 Å². The predicted octanol–water partition coefficient (Wildman–Crippen LogP) is 3.36. The summed E-state index contributed by atoms with van der Waals surface area (Å²) in [5.41, 5.74) is 1.70. The summed E-state index contributed by atoms with van der Waals surface area (Å²) in [6.45, 7) is 2.62. The van der Waals surface area contributed by atoms with E-state index in [1.807, 2.05) is 30.3 Å². The van der Waals surface area contributed by atoms with E-state index >= 15 is 0 Å². The highest BCUT2D eigenvalue weighted by molar-refractivity contribution is 7.18. The lowest BCUT2D eigenvalue weighted by atomic mass is 10.2. The summed E-state index contributed by atoms with van der Waals surface area (Å²) >= 11 is 7.79. The van der Waals surface area contributed by atoms with Crippen molar-refractivity contribution in [2.45, 2.75) is 0 Å². The molecule has 0 saturated carbocycles. The van der Waals surface area contributed by atoms with Gasteiger partial charge in [0, 0.05) is 44.1 Å². The first kappa shape index (κ1) is 17.7. The number of nitrogens with zero attached hydrogens (tertiary/aromatic N) is 4. The van der Waals surface area contributed by atoms with Crippen molar-refractivity contribution in [3.05, 3.63) is 47.7 Å². The van der Waals surface area contributed by atoms with E-state index in [0.717, 1.165) is 27.7 Å². The number of carbonyl (C=O) groups excluding carboxylic acids is 1. The van der Waals surface area contributed by atoms with E-state index in [0.29, 0.717) is 30.6 Å². The highest BCUT2D eigenvalue weighted by Gasteiger charge is 2.18. The van der Waals surface area contributed by atoms with Gasteiger partial charge in [0.1, 0.15) is 5.01 Å². The average molecular weight is 401 g/mol. The summed E-state index contributed by atoms with van der Waals surface area (Å²) in [6.07, 6.45) is 3.51. The van der Waals surface area contributed by atoms with Crippen LogP contribution in [0.15, 0.2) is 42.7 Å². The Morgan fingerprint density at radius 3 is 2.96 bits per heavy atom. The maximum atomic E-state index is 11.5. The van der Waals surface area contributed by atoms with Crippen LogP contribution in [0.2, 0.25) is 5.02 Å². The van der Waals surface area contributed by atoms with Crippen molar-refractivity contribution in [3.63, 3.8) is 0 Å². The lowest BCUT2D eigenvalue weighted by Crippen LogP contribution is -2.32. The van der Waals surface area contributed by atoms with Gasteiger partial charge in [-0.2, -0.15) is 0 Å². The van der Waals surface area contributed by atoms with Crippen LogP contribution in [-0.2, 0) is 0 Å². The number of anilines is 1. The summed E-state index contributed by atoms with van der Waals surface area (Å²) in [5, 5.41) is 7.48. The molecule has 0 spiro atoms. The van der Waals surface area contributed by atoms with Gasteiger partial charge in [-0.25, -0.2) is 19.7 Å². The van der Waals surface area contributed by atoms with Crippen molar-refractivity contribution in [3.8, 4) is 21.1 Å². The molecule has 1 saturated heterocycles. The van der Waals surface area contributed by atoms with Crippen LogP contribution in [0.4, 0.5) is 10.7 Å². The molecule has 0 atom stereocenters. The molecular formula is C18H17ClN6OS. The third kappa shape index (κ3) is 4.01. The molecule has 0 bridgehead atoms. The number of nitrogens with one attached hydrogen (secondary N) is 2. The molecule has 27 heavy (non-hydrogen) atoms. The summed E-state index contributed by atoms with van der Waals surface area (Å²) in [4.78, 5) is 27.5. The van der Waals surface area contributed by atoms with Gasteiger partial charge in [0.15, 0.2) is 0 Å². The normalized spacial score (nSPS) is 13.7. The van der Waals surface area contributed by atoms with Gasteiger partial charge in [0.2, 0.25) is 5.95 Å². The molecule has 0 unspecified atom stereocenters. The van der Waals surface area contributed by atoms with Crippen molar-refractivity contribution in [1.82, 2.24) is 25.2 Å². The molecule has 138 valence electrons. The molecule has 4 rings (SSSR count). The van der Waals surface area contributed by atoms with E-state index < -0.39 is 0 Å². The molecular weight excluding hydrogens is 384 g/mol. The summed E-state index contributed by atoms with van der Waals surface area (Å²) in [7, 11) is 0. The van der Waals surface area contributed by atoms with E-state index in [4.69, 9.17) is 11.6 Å². The zero-order valence-corrected chi connectivity index (χ0v) is 15.9. The Morgan fingerprint density at radius 2 is 2.15 bits per heavy atom. The fourth-order valence-electron chi connectivity index (χ4n) is 2.76. The van der Waals surface area contributed by atoms with Crippen molar-refractivity contribution < 1.29 is 4.79 Å². The van der Waals surface area contributed by atoms with Crippen LogP contribution >= 0.6 is 22.9 Å². The Hall–Kier alpha value is -2.71. The largest absolute Gasteiger partial charge is 0.352 e. The highest BCUT2D eigenvalue weighted by Crippen LogP contribution is 2.34. The number of thiazole rings is 1. The number of rotatable bonds is 6. The van der Waals surface area contributed by atoms with Crippen molar-refractivity contribution >= 4 is 34.9 Å². The molecule has 1 aromatic carbocycles. The highest BCUT2D eigenvalue weighted by atomic mass is 35.5. The number of urea groups is 1. The number of amides is 2. The number of carbonyl (C=O) groups is 1. The molecule has 2 amide bonds. The summed E-state index contributed by atoms with van der Waals surface area (Å²) < 4.78 is 0. The van der Waals surface area contributed by atoms with Gasteiger partial charge >= 0.3 is 6.03 Å². The second-order valence-corrected chi connectivity index (χ2v) is 7.36. The SMILES string of the molecule is O=C1NCCN1CCNc1nccc(-c2cnc(-c3ccccc3Cl)s2)n1. The van der Waals surface area contributed by atoms with Crippen molar-refractivity contribution in [2.75, 3.05) is 31.5 Å². The van der Waals surface area contributed by atoms with Gasteiger partial charge in [-0.15, -0.1) is 11.3 Å². The topological polar surface area (TPSA) is 83.0 Å². The van der Waals surface area contributed by atoms with Crippen LogP contribution in [-0.4, -0.2) is 52.1 Å². The van der Waals surface area contributed by atoms with Crippen LogP contribution < -0.4 is 10.6 Å². The first-order valence-corrected chi connectivity index (χ1v) is 9.71. The maximum Gasteiger partial charge on any atom is 0.317 e.